The van der Waals surface area contributed by atoms with E-state index in [1.807, 2.05) is 6.07 Å². The van der Waals surface area contributed by atoms with Crippen molar-refractivity contribution in [3.8, 4) is 5.75 Å². The normalized spacial score (nSPS) is 18.3. The maximum atomic E-state index is 11.8. The fourth-order valence-corrected chi connectivity index (χ4v) is 2.42. The van der Waals surface area contributed by atoms with Crippen LogP contribution < -0.4 is 15.4 Å². The third-order valence-corrected chi connectivity index (χ3v) is 3.57. The zero-order chi connectivity index (χ0) is 15.4. The molecule has 0 aliphatic heterocycles. The highest BCUT2D eigenvalue weighted by Crippen LogP contribution is 2.35. The van der Waals surface area contributed by atoms with E-state index in [0.29, 0.717) is 5.75 Å². The Morgan fingerprint density at radius 1 is 1.43 bits per heavy atom. The number of hydrogen-bond acceptors (Lipinski definition) is 4. The van der Waals surface area contributed by atoms with Gasteiger partial charge in [-0.15, -0.1) is 0 Å². The molecule has 0 radical (unpaired) electrons. The van der Waals surface area contributed by atoms with Crippen molar-refractivity contribution >= 4 is 11.9 Å². The molecular weight excluding hydrogens is 272 g/mol. The number of fused-ring (bicyclic) bond motifs is 1. The standard InChI is InChI=1S/C15H20N2O4/c1-9(14(19)17-15(20)16-2)21-13-8-4-5-10-11(13)6-3-7-12(10)18/h4-5,8-9,12,18H,3,6-7H2,1-2H3,(H2,16,17,19,20). The Hall–Kier alpha value is -2.08. The van der Waals surface area contributed by atoms with Crippen molar-refractivity contribution in [2.24, 2.45) is 0 Å². The first-order valence-electron chi connectivity index (χ1n) is 7.02. The molecule has 1 aromatic carbocycles. The predicted molar refractivity (Wildman–Crippen MR) is 77.0 cm³/mol. The molecule has 0 saturated heterocycles. The third-order valence-electron chi connectivity index (χ3n) is 3.57. The Morgan fingerprint density at radius 2 is 2.19 bits per heavy atom. The second-order valence-electron chi connectivity index (χ2n) is 5.06. The van der Waals surface area contributed by atoms with Gasteiger partial charge < -0.3 is 15.2 Å². The topological polar surface area (TPSA) is 87.7 Å². The Kier molecular flexibility index (Phi) is 4.80. The van der Waals surface area contributed by atoms with E-state index >= 15 is 0 Å². The zero-order valence-corrected chi connectivity index (χ0v) is 12.2. The molecule has 0 heterocycles. The lowest BCUT2D eigenvalue weighted by atomic mass is 9.89. The predicted octanol–water partition coefficient (Wildman–Crippen LogP) is 1.28. The lowest BCUT2D eigenvalue weighted by Gasteiger charge is -2.25. The van der Waals surface area contributed by atoms with E-state index in [9.17, 15) is 14.7 Å². The SMILES string of the molecule is CNC(=O)NC(=O)C(C)Oc1cccc2c1CCCC2O. The van der Waals surface area contributed by atoms with Crippen molar-refractivity contribution in [1.29, 1.82) is 0 Å². The Bertz CT molecular complexity index is 544. The molecule has 2 unspecified atom stereocenters. The summed E-state index contributed by atoms with van der Waals surface area (Å²) in [5.41, 5.74) is 1.80. The van der Waals surface area contributed by atoms with Crippen molar-refractivity contribution in [2.75, 3.05) is 7.05 Å². The van der Waals surface area contributed by atoms with Gasteiger partial charge >= 0.3 is 6.03 Å². The molecule has 1 aliphatic carbocycles. The van der Waals surface area contributed by atoms with Gasteiger partial charge in [0.05, 0.1) is 6.10 Å². The van der Waals surface area contributed by atoms with E-state index in [4.69, 9.17) is 4.74 Å². The summed E-state index contributed by atoms with van der Waals surface area (Å²) in [7, 11) is 1.43. The number of amides is 3. The summed E-state index contributed by atoms with van der Waals surface area (Å²) in [6.07, 6.45) is 1.16. The summed E-state index contributed by atoms with van der Waals surface area (Å²) in [6, 6.07) is 4.88. The molecular formula is C15H20N2O4. The van der Waals surface area contributed by atoms with E-state index in [-0.39, 0.29) is 0 Å². The van der Waals surface area contributed by atoms with E-state index < -0.39 is 24.1 Å². The Balaban J connectivity index is 2.11. The number of carbonyl (C=O) groups is 2. The molecule has 0 spiro atoms. The smallest absolute Gasteiger partial charge is 0.321 e. The zero-order valence-electron chi connectivity index (χ0n) is 12.2. The molecule has 0 fully saturated rings. The highest BCUT2D eigenvalue weighted by atomic mass is 16.5. The number of aliphatic hydroxyl groups is 1. The van der Waals surface area contributed by atoms with Crippen LogP contribution in [0.5, 0.6) is 5.75 Å². The van der Waals surface area contributed by atoms with Gasteiger partial charge in [-0.1, -0.05) is 12.1 Å². The van der Waals surface area contributed by atoms with Crippen LogP contribution in [0.3, 0.4) is 0 Å². The lowest BCUT2D eigenvalue weighted by Crippen LogP contribution is -2.44. The first kappa shape index (κ1) is 15.3. The minimum atomic E-state index is -0.798. The molecule has 6 heteroatoms. The van der Waals surface area contributed by atoms with Crippen molar-refractivity contribution in [2.45, 2.75) is 38.4 Å². The van der Waals surface area contributed by atoms with Gasteiger partial charge in [-0.3, -0.25) is 10.1 Å². The average Bonchev–Trinajstić information content (AvgIpc) is 2.48. The number of urea groups is 1. The van der Waals surface area contributed by atoms with Gasteiger partial charge in [-0.2, -0.15) is 0 Å². The van der Waals surface area contributed by atoms with Crippen LogP contribution in [0.4, 0.5) is 4.79 Å². The largest absolute Gasteiger partial charge is 0.481 e. The van der Waals surface area contributed by atoms with Gasteiger partial charge in [0.1, 0.15) is 5.75 Å². The third kappa shape index (κ3) is 3.52. The van der Waals surface area contributed by atoms with Crippen molar-refractivity contribution in [1.82, 2.24) is 10.6 Å². The fraction of sp³-hybridized carbons (Fsp3) is 0.467. The quantitative estimate of drug-likeness (QED) is 0.783. The monoisotopic (exact) mass is 292 g/mol. The van der Waals surface area contributed by atoms with E-state index in [1.54, 1.807) is 19.1 Å². The van der Waals surface area contributed by atoms with Crippen molar-refractivity contribution in [3.05, 3.63) is 29.3 Å². The first-order valence-corrected chi connectivity index (χ1v) is 7.02. The number of aliphatic hydroxyl groups excluding tert-OH is 1. The Morgan fingerprint density at radius 3 is 2.90 bits per heavy atom. The van der Waals surface area contributed by atoms with Crippen LogP contribution in [0, 0.1) is 0 Å². The molecule has 0 bridgehead atoms. The van der Waals surface area contributed by atoms with Crippen LogP contribution in [0.15, 0.2) is 18.2 Å². The number of imide groups is 1. The van der Waals surface area contributed by atoms with Gasteiger partial charge in [0.25, 0.3) is 5.91 Å². The summed E-state index contributed by atoms with van der Waals surface area (Å²) in [4.78, 5) is 22.9. The second kappa shape index (κ2) is 6.58. The van der Waals surface area contributed by atoms with E-state index in [1.165, 1.54) is 7.05 Å². The molecule has 0 saturated carbocycles. The minimum absolute atomic E-state index is 0.479. The van der Waals surface area contributed by atoms with Crippen LogP contribution in [0.2, 0.25) is 0 Å². The van der Waals surface area contributed by atoms with E-state index in [0.717, 1.165) is 30.4 Å². The van der Waals surface area contributed by atoms with Gasteiger partial charge in [-0.25, -0.2) is 4.79 Å². The molecule has 114 valence electrons. The van der Waals surface area contributed by atoms with Crippen molar-refractivity contribution < 1.29 is 19.4 Å². The van der Waals surface area contributed by atoms with Crippen molar-refractivity contribution in [3.63, 3.8) is 0 Å². The number of hydrogen-bond donors (Lipinski definition) is 3. The van der Waals surface area contributed by atoms with Crippen LogP contribution >= 0.6 is 0 Å². The number of ether oxygens (including phenoxy) is 1. The van der Waals surface area contributed by atoms with Gasteiger partial charge in [0.2, 0.25) is 0 Å². The maximum Gasteiger partial charge on any atom is 0.321 e. The Labute approximate surface area is 123 Å². The summed E-state index contributed by atoms with van der Waals surface area (Å²) in [6.45, 7) is 1.58. The molecule has 21 heavy (non-hydrogen) atoms. The van der Waals surface area contributed by atoms with Gasteiger partial charge in [0.15, 0.2) is 6.10 Å². The fourth-order valence-electron chi connectivity index (χ4n) is 2.42. The molecule has 0 aromatic heterocycles. The number of nitrogens with one attached hydrogen (secondary N) is 2. The van der Waals surface area contributed by atoms with Gasteiger partial charge in [-0.05, 0) is 43.4 Å². The molecule has 3 amide bonds. The van der Waals surface area contributed by atoms with Crippen LogP contribution in [-0.4, -0.2) is 30.2 Å². The molecule has 1 aromatic rings. The molecule has 3 N–H and O–H groups in total. The maximum absolute atomic E-state index is 11.8. The van der Waals surface area contributed by atoms with Crippen LogP contribution in [-0.2, 0) is 11.2 Å². The number of benzene rings is 1. The summed E-state index contributed by atoms with van der Waals surface area (Å²) in [5, 5.41) is 14.5. The molecule has 6 nitrogen and oxygen atoms in total. The minimum Gasteiger partial charge on any atom is -0.481 e. The first-order chi connectivity index (χ1) is 10.0. The molecule has 2 atom stereocenters. The number of carbonyl (C=O) groups excluding carboxylic acids is 2. The lowest BCUT2D eigenvalue weighted by molar-refractivity contribution is -0.126. The van der Waals surface area contributed by atoms with Gasteiger partial charge in [0, 0.05) is 7.05 Å². The molecule has 2 rings (SSSR count). The van der Waals surface area contributed by atoms with Crippen LogP contribution in [0.25, 0.3) is 0 Å². The second-order valence-corrected chi connectivity index (χ2v) is 5.06. The van der Waals surface area contributed by atoms with E-state index in [2.05, 4.69) is 10.6 Å². The summed E-state index contributed by atoms with van der Waals surface area (Å²) in [5.74, 6) is 0.0779. The highest BCUT2D eigenvalue weighted by molar-refractivity contribution is 5.96. The molecule has 1 aliphatic rings. The summed E-state index contributed by atoms with van der Waals surface area (Å²) < 4.78 is 5.67. The average molecular weight is 292 g/mol. The number of rotatable bonds is 3. The highest BCUT2D eigenvalue weighted by Gasteiger charge is 2.23. The summed E-state index contributed by atoms with van der Waals surface area (Å²) >= 11 is 0. The van der Waals surface area contributed by atoms with Crippen LogP contribution in [0.1, 0.15) is 37.0 Å².